The lowest BCUT2D eigenvalue weighted by molar-refractivity contribution is -0.129. The van der Waals surface area contributed by atoms with Gasteiger partial charge in [-0.2, -0.15) is 0 Å². The Morgan fingerprint density at radius 2 is 1.96 bits per heavy atom. The molecule has 1 aliphatic heterocycles. The van der Waals surface area contributed by atoms with E-state index in [2.05, 4.69) is 10.1 Å². The first-order chi connectivity index (χ1) is 13.4. The first-order valence-corrected chi connectivity index (χ1v) is 9.12. The largest absolute Gasteiger partial charge is 0.486 e. The van der Waals surface area contributed by atoms with Crippen LogP contribution in [0.2, 0.25) is 0 Å². The molecule has 0 radical (unpaired) electrons. The van der Waals surface area contributed by atoms with Crippen molar-refractivity contribution in [3.05, 3.63) is 57.1 Å². The molecule has 0 fully saturated rings. The topological polar surface area (TPSA) is 88.9 Å². The summed E-state index contributed by atoms with van der Waals surface area (Å²) in [6.07, 6.45) is 0.210. The minimum absolute atomic E-state index is 0.0308. The van der Waals surface area contributed by atoms with Gasteiger partial charge in [-0.1, -0.05) is 6.07 Å². The van der Waals surface area contributed by atoms with E-state index in [4.69, 9.17) is 9.47 Å². The van der Waals surface area contributed by atoms with E-state index in [1.54, 1.807) is 16.5 Å². The molecule has 4 rings (SSSR count). The van der Waals surface area contributed by atoms with Crippen LogP contribution in [0.4, 0.5) is 0 Å². The summed E-state index contributed by atoms with van der Waals surface area (Å²) in [5.74, 6) is 1.41. The number of aromatic nitrogens is 3. The second kappa shape index (κ2) is 7.03. The number of benzene rings is 1. The van der Waals surface area contributed by atoms with Gasteiger partial charge in [-0.3, -0.25) is 14.7 Å². The zero-order chi connectivity index (χ0) is 19.8. The smallest absolute Gasteiger partial charge is 0.266 e. The van der Waals surface area contributed by atoms with Crippen molar-refractivity contribution in [2.45, 2.75) is 26.8 Å². The number of nitrogens with zero attached hydrogens (tertiary/aromatic N) is 3. The van der Waals surface area contributed by atoms with E-state index in [9.17, 15) is 9.59 Å². The number of carbonyl (C=O) groups excluding carboxylic acids is 1. The Balaban J connectivity index is 1.52. The molecule has 1 aromatic carbocycles. The first kappa shape index (κ1) is 18.1. The summed E-state index contributed by atoms with van der Waals surface area (Å²) in [5, 5.41) is 2.71. The molecule has 0 saturated carbocycles. The lowest BCUT2D eigenvalue weighted by Crippen LogP contribution is -2.28. The van der Waals surface area contributed by atoms with Crippen molar-refractivity contribution in [3.63, 3.8) is 0 Å². The van der Waals surface area contributed by atoms with Crippen LogP contribution in [0.3, 0.4) is 0 Å². The van der Waals surface area contributed by atoms with Gasteiger partial charge in [-0.05, 0) is 31.5 Å². The van der Waals surface area contributed by atoms with E-state index in [0.29, 0.717) is 31.2 Å². The Morgan fingerprint density at radius 1 is 1.21 bits per heavy atom. The number of amides is 1. The van der Waals surface area contributed by atoms with Gasteiger partial charge in [0.1, 0.15) is 13.2 Å². The quantitative estimate of drug-likeness (QED) is 0.741. The third kappa shape index (κ3) is 3.33. The number of rotatable bonds is 4. The number of carbonyl (C=O) groups is 1. The number of hydrogen-bond acceptors (Lipinski definition) is 5. The second-order valence-corrected chi connectivity index (χ2v) is 6.98. The molecular formula is C20H22N4O4. The molecule has 28 heavy (non-hydrogen) atoms. The summed E-state index contributed by atoms with van der Waals surface area (Å²) in [7, 11) is 1.77. The van der Waals surface area contributed by atoms with Gasteiger partial charge in [0.25, 0.3) is 5.56 Å². The molecule has 146 valence electrons. The van der Waals surface area contributed by atoms with Crippen LogP contribution in [-0.4, -0.2) is 45.7 Å². The van der Waals surface area contributed by atoms with Crippen molar-refractivity contribution in [2.75, 3.05) is 20.3 Å². The number of aromatic amines is 1. The normalized spacial score (nSPS) is 13.0. The maximum atomic E-state index is 12.8. The number of fused-ring (bicyclic) bond motifs is 2. The maximum absolute atomic E-state index is 12.8. The second-order valence-electron chi connectivity index (χ2n) is 6.98. The van der Waals surface area contributed by atoms with Crippen LogP contribution >= 0.6 is 0 Å². The van der Waals surface area contributed by atoms with Crippen molar-refractivity contribution in [1.82, 2.24) is 19.5 Å². The zero-order valence-corrected chi connectivity index (χ0v) is 16.1. The summed E-state index contributed by atoms with van der Waals surface area (Å²) in [6, 6.07) is 7.16. The number of H-pyrrole nitrogens is 1. The monoisotopic (exact) mass is 382 g/mol. The highest BCUT2D eigenvalue weighted by molar-refractivity contribution is 5.79. The molecular weight excluding hydrogens is 360 g/mol. The Kier molecular flexibility index (Phi) is 4.54. The number of likely N-dealkylation sites (N-methyl/N-ethyl adjacent to an activating group) is 1. The van der Waals surface area contributed by atoms with E-state index in [0.717, 1.165) is 28.3 Å². The van der Waals surface area contributed by atoms with Gasteiger partial charge in [0.2, 0.25) is 5.91 Å². The van der Waals surface area contributed by atoms with Gasteiger partial charge in [0.15, 0.2) is 17.1 Å². The van der Waals surface area contributed by atoms with Crippen LogP contribution in [0, 0.1) is 13.8 Å². The third-order valence-electron chi connectivity index (χ3n) is 4.98. The number of hydrogen-bond donors (Lipinski definition) is 1. The van der Waals surface area contributed by atoms with E-state index in [-0.39, 0.29) is 17.9 Å². The molecule has 1 amide bonds. The number of nitrogens with one attached hydrogen (secondary N) is 1. The number of aryl methyl sites for hydroxylation is 2. The van der Waals surface area contributed by atoms with Crippen LogP contribution in [0.15, 0.2) is 29.1 Å². The van der Waals surface area contributed by atoms with Gasteiger partial charge in [0.05, 0.1) is 6.42 Å². The minimum atomic E-state index is -0.214. The minimum Gasteiger partial charge on any atom is -0.486 e. The van der Waals surface area contributed by atoms with Crippen molar-refractivity contribution < 1.29 is 14.3 Å². The molecule has 0 atom stereocenters. The molecule has 0 saturated heterocycles. The fourth-order valence-electron chi connectivity index (χ4n) is 3.45. The van der Waals surface area contributed by atoms with Crippen molar-refractivity contribution in [3.8, 4) is 11.5 Å². The fourth-order valence-corrected chi connectivity index (χ4v) is 3.45. The Morgan fingerprint density at radius 3 is 2.75 bits per heavy atom. The fraction of sp³-hybridized carbons (Fsp3) is 0.350. The van der Waals surface area contributed by atoms with Gasteiger partial charge >= 0.3 is 0 Å². The van der Waals surface area contributed by atoms with E-state index in [1.165, 1.54) is 6.07 Å². The summed E-state index contributed by atoms with van der Waals surface area (Å²) in [5.41, 5.74) is 3.69. The highest BCUT2D eigenvalue weighted by atomic mass is 16.6. The molecule has 0 unspecified atom stereocenters. The van der Waals surface area contributed by atoms with Crippen LogP contribution in [0.1, 0.15) is 22.5 Å². The molecule has 1 N–H and O–H groups in total. The highest BCUT2D eigenvalue weighted by Gasteiger charge is 2.18. The lowest BCUT2D eigenvalue weighted by Gasteiger charge is -2.22. The number of ether oxygens (including phenoxy) is 2. The highest BCUT2D eigenvalue weighted by Crippen LogP contribution is 2.31. The first-order valence-electron chi connectivity index (χ1n) is 9.12. The van der Waals surface area contributed by atoms with Gasteiger partial charge in [0, 0.05) is 36.6 Å². The molecule has 8 heteroatoms. The summed E-state index contributed by atoms with van der Waals surface area (Å²) in [4.78, 5) is 30.5. The summed E-state index contributed by atoms with van der Waals surface area (Å²) >= 11 is 0. The average Bonchev–Trinajstić information content (AvgIpc) is 3.05. The predicted octanol–water partition coefficient (Wildman–Crippen LogP) is 1.61. The Hall–Kier alpha value is -3.29. The predicted molar refractivity (Wildman–Crippen MR) is 103 cm³/mol. The molecule has 3 heterocycles. The molecule has 0 bridgehead atoms. The SMILES string of the molecule is Cc1nc2cc(=O)[nH]n2c(C)c1CC(=O)N(C)Cc1ccc2c(c1)OCCO2. The summed E-state index contributed by atoms with van der Waals surface area (Å²) < 4.78 is 12.8. The Labute approximate surface area is 161 Å². The van der Waals surface area contributed by atoms with E-state index in [1.807, 2.05) is 32.0 Å². The van der Waals surface area contributed by atoms with Crippen LogP contribution < -0.4 is 15.0 Å². The molecule has 1 aliphatic rings. The zero-order valence-electron chi connectivity index (χ0n) is 16.1. The molecule has 0 aliphatic carbocycles. The lowest BCUT2D eigenvalue weighted by atomic mass is 10.1. The van der Waals surface area contributed by atoms with Gasteiger partial charge < -0.3 is 14.4 Å². The van der Waals surface area contributed by atoms with Gasteiger partial charge in [-0.15, -0.1) is 0 Å². The molecule has 8 nitrogen and oxygen atoms in total. The molecule has 3 aromatic rings. The van der Waals surface area contributed by atoms with Gasteiger partial charge in [-0.25, -0.2) is 9.50 Å². The van der Waals surface area contributed by atoms with E-state index < -0.39 is 0 Å². The summed E-state index contributed by atoms with van der Waals surface area (Å²) in [6.45, 7) is 5.27. The van der Waals surface area contributed by atoms with Crippen LogP contribution in [-0.2, 0) is 17.8 Å². The maximum Gasteiger partial charge on any atom is 0.266 e. The van der Waals surface area contributed by atoms with Crippen LogP contribution in [0.25, 0.3) is 5.65 Å². The van der Waals surface area contributed by atoms with Crippen molar-refractivity contribution in [2.24, 2.45) is 0 Å². The molecule has 0 spiro atoms. The van der Waals surface area contributed by atoms with Crippen molar-refractivity contribution in [1.29, 1.82) is 0 Å². The van der Waals surface area contributed by atoms with E-state index >= 15 is 0 Å². The molecule has 2 aromatic heterocycles. The average molecular weight is 382 g/mol. The third-order valence-corrected chi connectivity index (χ3v) is 4.98. The Bertz CT molecular complexity index is 1120. The van der Waals surface area contributed by atoms with Crippen molar-refractivity contribution >= 4 is 11.6 Å². The van der Waals surface area contributed by atoms with Crippen LogP contribution in [0.5, 0.6) is 11.5 Å². The standard InChI is InChI=1S/C20H22N4O4/c1-12-15(13(2)24-18(21-12)10-19(25)22-24)9-20(26)23(3)11-14-4-5-16-17(8-14)28-7-6-27-16/h4-5,8,10H,6-7,9,11H2,1-3H3,(H,22,25).